The van der Waals surface area contributed by atoms with E-state index in [1.54, 1.807) is 0 Å². The number of hydrogen-bond donors (Lipinski definition) is 0. The molecule has 2 atom stereocenters. The minimum absolute atomic E-state index is 0.162. The molecule has 0 unspecified atom stereocenters. The molecule has 4 aromatic rings. The Hall–Kier alpha value is -3.02. The Morgan fingerprint density at radius 1 is 1.04 bits per heavy atom. The van der Waals surface area contributed by atoms with Crippen molar-refractivity contribution in [2.24, 2.45) is 0 Å². The first-order valence-electron chi connectivity index (χ1n) is 9.37. The number of aromatic nitrogens is 6. The van der Waals surface area contributed by atoms with Gasteiger partial charge in [0.1, 0.15) is 5.82 Å². The van der Waals surface area contributed by atoms with Crippen molar-refractivity contribution >= 4 is 5.65 Å². The highest BCUT2D eigenvalue weighted by molar-refractivity contribution is 5.65. The van der Waals surface area contributed by atoms with Crippen LogP contribution in [-0.2, 0) is 6.54 Å². The van der Waals surface area contributed by atoms with E-state index in [1.807, 2.05) is 24.6 Å². The van der Waals surface area contributed by atoms with Crippen molar-refractivity contribution in [2.45, 2.75) is 46.1 Å². The molecule has 1 aromatic carbocycles. The van der Waals surface area contributed by atoms with E-state index < -0.39 is 0 Å². The van der Waals surface area contributed by atoms with Crippen molar-refractivity contribution in [3.63, 3.8) is 0 Å². The lowest BCUT2D eigenvalue weighted by atomic mass is 9.92. The van der Waals surface area contributed by atoms with E-state index in [1.165, 1.54) is 11.1 Å². The molecule has 136 valence electrons. The first-order chi connectivity index (χ1) is 13.0. The Labute approximate surface area is 157 Å². The summed E-state index contributed by atoms with van der Waals surface area (Å²) in [7, 11) is 0. The van der Waals surface area contributed by atoms with Crippen LogP contribution in [-0.4, -0.2) is 29.1 Å². The Morgan fingerprint density at radius 3 is 2.67 bits per heavy atom. The predicted molar refractivity (Wildman–Crippen MR) is 104 cm³/mol. The summed E-state index contributed by atoms with van der Waals surface area (Å²) < 4.78 is 4.14. The minimum atomic E-state index is 0.162. The van der Waals surface area contributed by atoms with Crippen molar-refractivity contribution in [3.8, 4) is 11.4 Å². The molecule has 0 amide bonds. The van der Waals surface area contributed by atoms with Crippen LogP contribution in [0.1, 0.15) is 54.2 Å². The third-order valence-electron chi connectivity index (χ3n) is 5.74. The minimum Gasteiger partial charge on any atom is -0.326 e. The van der Waals surface area contributed by atoms with Crippen molar-refractivity contribution in [1.29, 1.82) is 0 Å². The average Bonchev–Trinajstić information content (AvgIpc) is 3.36. The highest BCUT2D eigenvalue weighted by atomic mass is 15.3. The molecule has 4 heterocycles. The van der Waals surface area contributed by atoms with Gasteiger partial charge in [0.05, 0.1) is 17.1 Å². The van der Waals surface area contributed by atoms with E-state index in [0.717, 1.165) is 40.9 Å². The summed E-state index contributed by atoms with van der Waals surface area (Å²) in [6, 6.07) is 8.50. The number of hydrogen-bond acceptors (Lipinski definition) is 4. The van der Waals surface area contributed by atoms with Gasteiger partial charge in [-0.05, 0) is 19.4 Å². The highest BCUT2D eigenvalue weighted by Gasteiger charge is 2.27. The molecule has 1 aliphatic rings. The maximum atomic E-state index is 4.96. The van der Waals surface area contributed by atoms with Crippen molar-refractivity contribution in [1.82, 2.24) is 29.1 Å². The first-order valence-corrected chi connectivity index (χ1v) is 9.37. The van der Waals surface area contributed by atoms with Gasteiger partial charge in [-0.15, -0.1) is 0 Å². The molecular formula is C21H22N6. The predicted octanol–water partition coefficient (Wildman–Crippen LogP) is 3.87. The fourth-order valence-corrected chi connectivity index (χ4v) is 3.83. The molecule has 0 bridgehead atoms. The molecule has 6 nitrogen and oxygen atoms in total. The molecule has 0 saturated carbocycles. The van der Waals surface area contributed by atoms with Crippen LogP contribution in [0.3, 0.4) is 0 Å². The Morgan fingerprint density at radius 2 is 1.85 bits per heavy atom. The Balaban J connectivity index is 1.50. The maximum absolute atomic E-state index is 4.96. The average molecular weight is 358 g/mol. The van der Waals surface area contributed by atoms with Gasteiger partial charge in [-0.2, -0.15) is 5.10 Å². The van der Waals surface area contributed by atoms with Crippen molar-refractivity contribution < 1.29 is 0 Å². The van der Waals surface area contributed by atoms with Crippen molar-refractivity contribution in [3.05, 3.63) is 65.1 Å². The highest BCUT2D eigenvalue weighted by Crippen LogP contribution is 2.36. The summed E-state index contributed by atoms with van der Waals surface area (Å²) >= 11 is 0. The number of benzene rings is 1. The quantitative estimate of drug-likeness (QED) is 0.491. The first kappa shape index (κ1) is 16.2. The van der Waals surface area contributed by atoms with Crippen LogP contribution in [0.5, 0.6) is 0 Å². The van der Waals surface area contributed by atoms with Crippen LogP contribution in [0.2, 0.25) is 0 Å². The van der Waals surface area contributed by atoms with Gasteiger partial charge >= 0.3 is 0 Å². The van der Waals surface area contributed by atoms with Crippen LogP contribution < -0.4 is 0 Å². The normalized spacial score (nSPS) is 15.0. The summed E-state index contributed by atoms with van der Waals surface area (Å²) in [6.07, 6.45) is 4.02. The number of fused-ring (bicyclic) bond motifs is 4. The standard InChI is InChI=1S/C21H22N6/c1-12-9-22-15(4)20-24-19(25-27(12)20)14(3)13(2)18-11-26-10-16-7-5-6-8-17(16)21(26)23-18/h5-9,11,13-14H,10H2,1-4H3/t13-,14+/m0/s1. The van der Waals surface area contributed by atoms with E-state index in [2.05, 4.69) is 53.9 Å². The fourth-order valence-electron chi connectivity index (χ4n) is 3.83. The number of aryl methyl sites for hydroxylation is 2. The molecular weight excluding hydrogens is 336 g/mol. The fraction of sp³-hybridized carbons (Fsp3) is 0.333. The SMILES string of the molecule is Cc1ncc(C)n2nc([C@H](C)[C@H](C)c3cn4c(n3)-c3ccccc3C4)nc12. The summed E-state index contributed by atoms with van der Waals surface area (Å²) in [5.74, 6) is 2.30. The van der Waals surface area contributed by atoms with Gasteiger partial charge in [0, 0.05) is 36.3 Å². The van der Waals surface area contributed by atoms with Crippen LogP contribution in [0.15, 0.2) is 36.7 Å². The molecule has 3 aromatic heterocycles. The molecule has 0 aliphatic carbocycles. The largest absolute Gasteiger partial charge is 0.326 e. The second kappa shape index (κ2) is 5.74. The molecule has 0 spiro atoms. The summed E-state index contributed by atoms with van der Waals surface area (Å²) in [4.78, 5) is 14.1. The number of nitrogens with zero attached hydrogens (tertiary/aromatic N) is 6. The van der Waals surface area contributed by atoms with Gasteiger partial charge in [-0.1, -0.05) is 38.1 Å². The zero-order valence-electron chi connectivity index (χ0n) is 16.0. The van der Waals surface area contributed by atoms with Gasteiger partial charge in [0.15, 0.2) is 11.5 Å². The molecule has 0 saturated heterocycles. The maximum Gasteiger partial charge on any atom is 0.177 e. The zero-order chi connectivity index (χ0) is 18.7. The molecule has 0 radical (unpaired) electrons. The van der Waals surface area contributed by atoms with Gasteiger partial charge in [-0.25, -0.2) is 14.5 Å². The molecule has 5 rings (SSSR count). The Bertz CT molecular complexity index is 1130. The van der Waals surface area contributed by atoms with Crippen LogP contribution >= 0.6 is 0 Å². The molecule has 27 heavy (non-hydrogen) atoms. The topological polar surface area (TPSA) is 60.9 Å². The summed E-state index contributed by atoms with van der Waals surface area (Å²) in [5.41, 5.74) is 6.41. The van der Waals surface area contributed by atoms with E-state index in [4.69, 9.17) is 15.1 Å². The van der Waals surface area contributed by atoms with E-state index in [-0.39, 0.29) is 11.8 Å². The van der Waals surface area contributed by atoms with Gasteiger partial charge < -0.3 is 4.57 Å². The van der Waals surface area contributed by atoms with Crippen LogP contribution in [0, 0.1) is 13.8 Å². The summed E-state index contributed by atoms with van der Waals surface area (Å²) in [6.45, 7) is 9.26. The molecule has 0 N–H and O–H groups in total. The Kier molecular flexibility index (Phi) is 3.44. The van der Waals surface area contributed by atoms with Gasteiger partial charge in [0.25, 0.3) is 0 Å². The van der Waals surface area contributed by atoms with Crippen molar-refractivity contribution in [2.75, 3.05) is 0 Å². The van der Waals surface area contributed by atoms with Gasteiger partial charge in [0.2, 0.25) is 0 Å². The van der Waals surface area contributed by atoms with Gasteiger partial charge in [-0.3, -0.25) is 4.98 Å². The van der Waals surface area contributed by atoms with Crippen LogP contribution in [0.25, 0.3) is 17.0 Å². The smallest absolute Gasteiger partial charge is 0.177 e. The second-order valence-electron chi connectivity index (χ2n) is 7.54. The second-order valence-corrected chi connectivity index (χ2v) is 7.54. The molecule has 6 heteroatoms. The number of rotatable bonds is 3. The third kappa shape index (κ3) is 2.40. The van der Waals surface area contributed by atoms with E-state index >= 15 is 0 Å². The van der Waals surface area contributed by atoms with Crippen LogP contribution in [0.4, 0.5) is 0 Å². The lowest BCUT2D eigenvalue weighted by Crippen LogP contribution is -2.08. The van der Waals surface area contributed by atoms with E-state index in [0.29, 0.717) is 0 Å². The monoisotopic (exact) mass is 358 g/mol. The third-order valence-corrected chi connectivity index (χ3v) is 5.74. The van der Waals surface area contributed by atoms with E-state index in [9.17, 15) is 0 Å². The summed E-state index contributed by atoms with van der Waals surface area (Å²) in [5, 5.41) is 4.75. The molecule has 0 fully saturated rings. The zero-order valence-corrected chi connectivity index (χ0v) is 16.0. The number of imidazole rings is 1. The lowest BCUT2D eigenvalue weighted by molar-refractivity contribution is 0.576. The lowest BCUT2D eigenvalue weighted by Gasteiger charge is -2.14. The molecule has 1 aliphatic heterocycles.